The monoisotopic (exact) mass is 267 g/mol. The molecule has 108 valence electrons. The molecule has 0 aliphatic heterocycles. The van der Waals surface area contributed by atoms with Crippen LogP contribution in [0.1, 0.15) is 26.3 Å². The fourth-order valence-corrected chi connectivity index (χ4v) is 1.55. The average molecular weight is 267 g/mol. The van der Waals surface area contributed by atoms with Crippen molar-refractivity contribution in [1.29, 1.82) is 0 Å². The molecule has 0 aliphatic rings. The van der Waals surface area contributed by atoms with Gasteiger partial charge in [-0.05, 0) is 44.9 Å². The molecule has 1 unspecified atom stereocenters. The Kier molecular flexibility index (Phi) is 6.28. The van der Waals surface area contributed by atoms with E-state index in [-0.39, 0.29) is 5.54 Å². The molecule has 0 bridgehead atoms. The van der Waals surface area contributed by atoms with Crippen molar-refractivity contribution in [2.75, 3.05) is 20.3 Å². The Morgan fingerprint density at radius 2 is 1.84 bits per heavy atom. The number of aliphatic hydroxyl groups is 1. The van der Waals surface area contributed by atoms with Crippen molar-refractivity contribution in [1.82, 2.24) is 5.32 Å². The molecule has 0 heterocycles. The van der Waals surface area contributed by atoms with Crippen molar-refractivity contribution in [3.8, 4) is 5.75 Å². The lowest BCUT2D eigenvalue weighted by atomic mass is 10.1. The Labute approximate surface area is 115 Å². The number of benzene rings is 1. The van der Waals surface area contributed by atoms with Crippen LogP contribution in [-0.2, 0) is 11.2 Å². The Hall–Kier alpha value is -1.10. The molecule has 0 spiro atoms. The van der Waals surface area contributed by atoms with E-state index in [1.54, 1.807) is 7.11 Å². The van der Waals surface area contributed by atoms with E-state index >= 15 is 0 Å². The summed E-state index contributed by atoms with van der Waals surface area (Å²) in [6.07, 6.45) is 0.0364. The third-order valence-electron chi connectivity index (χ3n) is 2.60. The van der Waals surface area contributed by atoms with Crippen molar-refractivity contribution in [3.05, 3.63) is 29.8 Å². The molecule has 4 nitrogen and oxygen atoms in total. The highest BCUT2D eigenvalue weighted by atomic mass is 16.6. The molecule has 1 aromatic carbocycles. The number of hydrogen-bond acceptors (Lipinski definition) is 4. The number of methoxy groups -OCH3 is 1. The van der Waals surface area contributed by atoms with Crippen molar-refractivity contribution in [2.24, 2.45) is 0 Å². The second-order valence-corrected chi connectivity index (χ2v) is 5.59. The first kappa shape index (κ1) is 16.0. The van der Waals surface area contributed by atoms with Gasteiger partial charge in [-0.15, -0.1) is 0 Å². The first-order valence-electron chi connectivity index (χ1n) is 6.58. The Morgan fingerprint density at radius 3 is 2.37 bits per heavy atom. The van der Waals surface area contributed by atoms with Crippen molar-refractivity contribution < 1.29 is 14.6 Å². The zero-order valence-corrected chi connectivity index (χ0v) is 12.3. The quantitative estimate of drug-likeness (QED) is 0.742. The summed E-state index contributed by atoms with van der Waals surface area (Å²) < 4.78 is 10.5. The van der Waals surface area contributed by atoms with Crippen LogP contribution in [0.5, 0.6) is 5.75 Å². The normalized spacial score (nSPS) is 13.3. The molecule has 4 heteroatoms. The first-order chi connectivity index (χ1) is 8.90. The Bertz CT molecular complexity index is 357. The van der Waals surface area contributed by atoms with Crippen LogP contribution in [0.3, 0.4) is 0 Å². The van der Waals surface area contributed by atoms with Crippen LogP contribution in [0.4, 0.5) is 0 Å². The van der Waals surface area contributed by atoms with Gasteiger partial charge in [0.15, 0.2) is 0 Å². The molecule has 0 saturated carbocycles. The predicted molar refractivity (Wildman–Crippen MR) is 76.4 cm³/mol. The van der Waals surface area contributed by atoms with Crippen molar-refractivity contribution in [3.63, 3.8) is 0 Å². The highest BCUT2D eigenvalue weighted by molar-refractivity contribution is 5.27. The maximum absolute atomic E-state index is 9.77. The van der Waals surface area contributed by atoms with Gasteiger partial charge in [-0.2, -0.15) is 0 Å². The number of rotatable bonds is 7. The maximum atomic E-state index is 9.77. The lowest BCUT2D eigenvalue weighted by Crippen LogP contribution is -2.42. The zero-order valence-electron chi connectivity index (χ0n) is 12.3. The molecule has 0 saturated heterocycles. The molecule has 0 aliphatic carbocycles. The molecule has 0 aromatic heterocycles. The summed E-state index contributed by atoms with van der Waals surface area (Å²) in [5, 5.41) is 13.0. The van der Waals surface area contributed by atoms with Crippen molar-refractivity contribution >= 4 is 0 Å². The molecule has 0 amide bonds. The van der Waals surface area contributed by atoms with Gasteiger partial charge in [0.2, 0.25) is 6.29 Å². The summed E-state index contributed by atoms with van der Waals surface area (Å²) in [4.78, 5) is 0. The van der Waals surface area contributed by atoms with Gasteiger partial charge in [-0.1, -0.05) is 12.1 Å². The summed E-state index contributed by atoms with van der Waals surface area (Å²) in [7, 11) is 1.69. The van der Waals surface area contributed by atoms with Crippen LogP contribution < -0.4 is 10.1 Å². The highest BCUT2D eigenvalue weighted by Crippen LogP contribution is 2.14. The minimum atomic E-state index is -0.843. The van der Waals surface area contributed by atoms with Crippen LogP contribution in [0.15, 0.2) is 24.3 Å². The number of aliphatic hydroxyl groups excluding tert-OH is 1. The van der Waals surface area contributed by atoms with E-state index in [1.165, 1.54) is 5.56 Å². The molecule has 0 fully saturated rings. The molecule has 1 rings (SSSR count). The van der Waals surface area contributed by atoms with Crippen LogP contribution in [0, 0.1) is 0 Å². The summed E-state index contributed by atoms with van der Waals surface area (Å²) in [5.74, 6) is 0.671. The predicted octanol–water partition coefficient (Wildman–Crippen LogP) is 1.96. The van der Waals surface area contributed by atoms with Gasteiger partial charge in [0.1, 0.15) is 5.75 Å². The first-order valence-corrected chi connectivity index (χ1v) is 6.58. The highest BCUT2D eigenvalue weighted by Gasteiger charge is 2.12. The number of β-amino-alcohol motifs (C(OH)–C–C–N with tert-alkyl or cyclic N) is 1. The molecule has 19 heavy (non-hydrogen) atoms. The lowest BCUT2D eigenvalue weighted by molar-refractivity contribution is -0.0190. The molecular formula is C15H25NO3. The van der Waals surface area contributed by atoms with E-state index in [2.05, 4.69) is 5.32 Å². The van der Waals surface area contributed by atoms with E-state index in [4.69, 9.17) is 9.47 Å². The topological polar surface area (TPSA) is 50.7 Å². The SMILES string of the molecule is COCCc1ccc(OC(O)CNC(C)(C)C)cc1. The van der Waals surface area contributed by atoms with Gasteiger partial charge < -0.3 is 19.9 Å². The summed E-state index contributed by atoms with van der Waals surface area (Å²) in [5.41, 5.74) is 1.16. The van der Waals surface area contributed by atoms with Crippen LogP contribution in [0.2, 0.25) is 0 Å². The second kappa shape index (κ2) is 7.48. The fraction of sp³-hybridized carbons (Fsp3) is 0.600. The van der Waals surface area contributed by atoms with Crippen LogP contribution >= 0.6 is 0 Å². The van der Waals surface area contributed by atoms with Gasteiger partial charge >= 0.3 is 0 Å². The molecular weight excluding hydrogens is 242 g/mol. The third kappa shape index (κ3) is 7.15. The van der Waals surface area contributed by atoms with E-state index in [1.807, 2.05) is 45.0 Å². The van der Waals surface area contributed by atoms with Crippen LogP contribution in [0.25, 0.3) is 0 Å². The number of nitrogens with one attached hydrogen (secondary N) is 1. The minimum Gasteiger partial charge on any atom is -0.464 e. The summed E-state index contributed by atoms with van der Waals surface area (Å²) in [6, 6.07) is 7.70. The van der Waals surface area contributed by atoms with E-state index in [0.717, 1.165) is 6.42 Å². The molecule has 0 radical (unpaired) electrons. The molecule has 2 N–H and O–H groups in total. The van der Waals surface area contributed by atoms with Crippen LogP contribution in [-0.4, -0.2) is 37.2 Å². The number of hydrogen-bond donors (Lipinski definition) is 2. The third-order valence-corrected chi connectivity index (χ3v) is 2.60. The summed E-state index contributed by atoms with van der Waals surface area (Å²) >= 11 is 0. The van der Waals surface area contributed by atoms with Crippen molar-refractivity contribution in [2.45, 2.75) is 39.0 Å². The Morgan fingerprint density at radius 1 is 1.21 bits per heavy atom. The van der Waals surface area contributed by atoms with Gasteiger partial charge in [0.25, 0.3) is 0 Å². The molecule has 1 aromatic rings. The fourth-order valence-electron chi connectivity index (χ4n) is 1.55. The van der Waals surface area contributed by atoms with Gasteiger partial charge in [-0.25, -0.2) is 0 Å². The lowest BCUT2D eigenvalue weighted by Gasteiger charge is -2.23. The Balaban J connectivity index is 2.40. The van der Waals surface area contributed by atoms with Gasteiger partial charge in [0.05, 0.1) is 13.2 Å². The number of ether oxygens (including phenoxy) is 2. The minimum absolute atomic E-state index is 0.0334. The van der Waals surface area contributed by atoms with E-state index in [9.17, 15) is 5.11 Å². The van der Waals surface area contributed by atoms with Gasteiger partial charge in [-0.3, -0.25) is 0 Å². The largest absolute Gasteiger partial charge is 0.464 e. The summed E-state index contributed by atoms with van der Waals surface area (Å²) in [6.45, 7) is 7.24. The van der Waals surface area contributed by atoms with E-state index < -0.39 is 6.29 Å². The molecule has 1 atom stereocenters. The second-order valence-electron chi connectivity index (χ2n) is 5.59. The van der Waals surface area contributed by atoms with Gasteiger partial charge in [0, 0.05) is 12.6 Å². The maximum Gasteiger partial charge on any atom is 0.210 e. The van der Waals surface area contributed by atoms with E-state index in [0.29, 0.717) is 18.9 Å². The smallest absolute Gasteiger partial charge is 0.210 e. The average Bonchev–Trinajstić information content (AvgIpc) is 2.35. The zero-order chi connectivity index (χ0) is 14.3. The standard InChI is InChI=1S/C15H25NO3/c1-15(2,3)16-11-14(17)19-13-7-5-12(6-8-13)9-10-18-4/h5-8,14,16-17H,9-11H2,1-4H3.